The minimum atomic E-state index is -1.22. The molecule has 1 amide bonds. The lowest BCUT2D eigenvalue weighted by atomic mass is 9.82. The van der Waals surface area contributed by atoms with Crippen molar-refractivity contribution < 1.29 is 29.1 Å². The number of ether oxygens (including phenoxy) is 1. The summed E-state index contributed by atoms with van der Waals surface area (Å²) in [5.41, 5.74) is 1.64. The van der Waals surface area contributed by atoms with Gasteiger partial charge in [0.25, 0.3) is 11.8 Å². The molecule has 0 unspecified atom stereocenters. The average molecular weight is 487 g/mol. The van der Waals surface area contributed by atoms with Gasteiger partial charge < -0.3 is 24.8 Å². The van der Waals surface area contributed by atoms with Crippen LogP contribution in [0.25, 0.3) is 11.1 Å². The Morgan fingerprint density at radius 2 is 1.91 bits per heavy atom. The van der Waals surface area contributed by atoms with Gasteiger partial charge in [-0.15, -0.1) is 0 Å². The smallest absolute Gasteiger partial charge is 0.311 e. The first-order chi connectivity index (χ1) is 16.2. The zero-order valence-corrected chi connectivity index (χ0v) is 19.7. The van der Waals surface area contributed by atoms with Gasteiger partial charge in [-0.1, -0.05) is 48.0 Å². The number of aromatic nitrogens is 1. The molecule has 0 aliphatic rings. The first-order valence-corrected chi connectivity index (χ1v) is 11.2. The average Bonchev–Trinajstić information content (AvgIpc) is 3.24. The van der Waals surface area contributed by atoms with Crippen LogP contribution in [0.3, 0.4) is 0 Å². The molecule has 9 heteroatoms. The molecule has 2 atom stereocenters. The molecule has 0 saturated heterocycles. The summed E-state index contributed by atoms with van der Waals surface area (Å²) >= 11 is 6.09. The summed E-state index contributed by atoms with van der Waals surface area (Å²) < 4.78 is 10.2. The second-order valence-electron chi connectivity index (χ2n) is 8.34. The van der Waals surface area contributed by atoms with Crippen LogP contribution in [-0.4, -0.2) is 46.5 Å². The van der Waals surface area contributed by atoms with Crippen LogP contribution < -0.4 is 5.32 Å². The van der Waals surface area contributed by atoms with Gasteiger partial charge in [0.15, 0.2) is 0 Å². The standard InChI is InChI=1S/C25H27ClN2O6/c1-3-33-15-25(2,24(31)32)14-20(27-23(30)21-13-22(29)28-34-21)11-16-7-9-17(10-8-16)18-5-4-6-19(26)12-18/h4-10,12-13,20H,3,11,14-15H2,1-2H3,(H,27,30)(H,28,29)(H,31,32)/t20-,25+/m1/s1. The van der Waals surface area contributed by atoms with E-state index in [0.29, 0.717) is 18.1 Å². The summed E-state index contributed by atoms with van der Waals surface area (Å²) in [7, 11) is 0. The number of hydrogen-bond acceptors (Lipinski definition) is 6. The zero-order valence-electron chi connectivity index (χ0n) is 19.0. The Bertz CT molecular complexity index is 1130. The van der Waals surface area contributed by atoms with Crippen LogP contribution in [0.2, 0.25) is 5.02 Å². The lowest BCUT2D eigenvalue weighted by Crippen LogP contribution is -2.44. The molecule has 0 radical (unpaired) electrons. The number of aliphatic carboxylic acids is 1. The highest BCUT2D eigenvalue weighted by molar-refractivity contribution is 6.30. The first-order valence-electron chi connectivity index (χ1n) is 10.8. The summed E-state index contributed by atoms with van der Waals surface area (Å²) in [5, 5.41) is 26.0. The van der Waals surface area contributed by atoms with E-state index in [9.17, 15) is 19.8 Å². The number of carbonyl (C=O) groups excluding carboxylic acids is 1. The fourth-order valence-corrected chi connectivity index (χ4v) is 3.86. The Kier molecular flexibility index (Phi) is 8.31. The number of halogens is 1. The van der Waals surface area contributed by atoms with Crippen molar-refractivity contribution in [2.75, 3.05) is 13.2 Å². The second kappa shape index (κ2) is 11.2. The van der Waals surface area contributed by atoms with E-state index in [4.69, 9.17) is 20.9 Å². The minimum absolute atomic E-state index is 0.00199. The Morgan fingerprint density at radius 1 is 1.18 bits per heavy atom. The topological polar surface area (TPSA) is 122 Å². The highest BCUT2D eigenvalue weighted by atomic mass is 35.5. The molecule has 0 aliphatic carbocycles. The summed E-state index contributed by atoms with van der Waals surface area (Å²) in [6, 6.07) is 15.8. The number of nitrogens with one attached hydrogen (secondary N) is 1. The molecule has 3 aromatic rings. The van der Waals surface area contributed by atoms with Gasteiger partial charge in [0, 0.05) is 17.7 Å². The van der Waals surface area contributed by atoms with Gasteiger partial charge in [-0.3, -0.25) is 9.59 Å². The Labute approximate surface area is 202 Å². The minimum Gasteiger partial charge on any atom is -0.491 e. The molecule has 1 heterocycles. The molecule has 1 aromatic heterocycles. The Balaban J connectivity index is 1.82. The molecule has 3 rings (SSSR count). The number of nitrogens with zero attached hydrogens (tertiary/aromatic N) is 1. The summed E-state index contributed by atoms with van der Waals surface area (Å²) in [4.78, 5) is 24.7. The van der Waals surface area contributed by atoms with Crippen molar-refractivity contribution in [3.8, 4) is 17.0 Å². The van der Waals surface area contributed by atoms with Crippen molar-refractivity contribution in [1.82, 2.24) is 10.5 Å². The van der Waals surface area contributed by atoms with E-state index in [1.165, 1.54) is 0 Å². The van der Waals surface area contributed by atoms with Crippen molar-refractivity contribution >= 4 is 23.5 Å². The lowest BCUT2D eigenvalue weighted by Gasteiger charge is -2.30. The molecular formula is C25H27ClN2O6. The summed E-state index contributed by atoms with van der Waals surface area (Å²) in [6.07, 6.45) is 0.487. The fraction of sp³-hybridized carbons (Fsp3) is 0.320. The third-order valence-corrected chi connectivity index (χ3v) is 5.72. The van der Waals surface area contributed by atoms with Crippen LogP contribution >= 0.6 is 11.6 Å². The van der Waals surface area contributed by atoms with E-state index in [0.717, 1.165) is 22.8 Å². The molecule has 0 saturated carbocycles. The maximum Gasteiger partial charge on any atom is 0.311 e. The highest BCUT2D eigenvalue weighted by Gasteiger charge is 2.37. The third kappa shape index (κ3) is 6.59. The molecule has 0 spiro atoms. The summed E-state index contributed by atoms with van der Waals surface area (Å²) in [6.45, 7) is 3.76. The molecule has 2 aromatic carbocycles. The number of carboxylic acids is 1. The quantitative estimate of drug-likeness (QED) is 0.363. The SMILES string of the molecule is CCOC[C@](C)(C[C@@H](Cc1ccc(-c2cccc(Cl)c2)cc1)NC(=O)c1cc(O)no1)C(=O)O. The zero-order chi connectivity index (χ0) is 24.7. The third-order valence-electron chi connectivity index (χ3n) is 5.49. The predicted octanol–water partition coefficient (Wildman–Crippen LogP) is 4.56. The number of carboxylic acid groups (broad SMARTS) is 1. The second-order valence-corrected chi connectivity index (χ2v) is 8.77. The van der Waals surface area contributed by atoms with Gasteiger partial charge in [-0.05, 0) is 60.7 Å². The van der Waals surface area contributed by atoms with Crippen molar-refractivity contribution in [3.05, 3.63) is 70.9 Å². The lowest BCUT2D eigenvalue weighted by molar-refractivity contribution is -0.152. The van der Waals surface area contributed by atoms with Gasteiger partial charge in [-0.2, -0.15) is 0 Å². The van der Waals surface area contributed by atoms with Crippen LogP contribution in [0.5, 0.6) is 5.88 Å². The maximum absolute atomic E-state index is 12.7. The molecule has 0 aliphatic heterocycles. The number of amides is 1. The predicted molar refractivity (Wildman–Crippen MR) is 127 cm³/mol. The first kappa shape index (κ1) is 25.3. The van der Waals surface area contributed by atoms with E-state index in [1.807, 2.05) is 48.5 Å². The van der Waals surface area contributed by atoms with Gasteiger partial charge in [-0.25, -0.2) is 0 Å². The molecule has 34 heavy (non-hydrogen) atoms. The normalized spacial score (nSPS) is 13.7. The Hall–Kier alpha value is -3.36. The molecule has 8 nitrogen and oxygen atoms in total. The van der Waals surface area contributed by atoms with Crippen LogP contribution in [0.4, 0.5) is 0 Å². The van der Waals surface area contributed by atoms with E-state index >= 15 is 0 Å². The van der Waals surface area contributed by atoms with E-state index in [-0.39, 0.29) is 18.8 Å². The van der Waals surface area contributed by atoms with E-state index in [1.54, 1.807) is 13.8 Å². The number of benzene rings is 2. The molecular weight excluding hydrogens is 460 g/mol. The number of aromatic hydroxyl groups is 1. The molecule has 3 N–H and O–H groups in total. The Morgan fingerprint density at radius 3 is 2.50 bits per heavy atom. The molecule has 0 bridgehead atoms. The van der Waals surface area contributed by atoms with Crippen molar-refractivity contribution in [1.29, 1.82) is 0 Å². The number of rotatable bonds is 11. The van der Waals surface area contributed by atoms with Crippen LogP contribution in [0, 0.1) is 5.41 Å². The largest absolute Gasteiger partial charge is 0.491 e. The maximum atomic E-state index is 12.7. The van der Waals surface area contributed by atoms with Crippen molar-refractivity contribution in [2.24, 2.45) is 5.41 Å². The fourth-order valence-electron chi connectivity index (χ4n) is 3.67. The van der Waals surface area contributed by atoms with Crippen LogP contribution in [0.15, 0.2) is 59.1 Å². The van der Waals surface area contributed by atoms with Crippen molar-refractivity contribution in [3.63, 3.8) is 0 Å². The monoisotopic (exact) mass is 486 g/mol. The van der Waals surface area contributed by atoms with Crippen LogP contribution in [0.1, 0.15) is 36.4 Å². The molecule has 180 valence electrons. The van der Waals surface area contributed by atoms with Gasteiger partial charge in [0.1, 0.15) is 0 Å². The van der Waals surface area contributed by atoms with Crippen molar-refractivity contribution in [2.45, 2.75) is 32.7 Å². The number of carbonyl (C=O) groups is 2. The molecule has 0 fully saturated rings. The van der Waals surface area contributed by atoms with Gasteiger partial charge in [0.2, 0.25) is 5.76 Å². The van der Waals surface area contributed by atoms with Gasteiger partial charge >= 0.3 is 5.97 Å². The van der Waals surface area contributed by atoms with Gasteiger partial charge in [0.05, 0.1) is 18.1 Å². The van der Waals surface area contributed by atoms with E-state index in [2.05, 4.69) is 10.5 Å². The van der Waals surface area contributed by atoms with Crippen LogP contribution in [-0.2, 0) is 16.0 Å². The highest BCUT2D eigenvalue weighted by Crippen LogP contribution is 2.28. The number of hydrogen-bond donors (Lipinski definition) is 3. The van der Waals surface area contributed by atoms with E-state index < -0.39 is 29.2 Å². The summed E-state index contributed by atoms with van der Waals surface area (Å²) in [5.74, 6) is -2.20.